The summed E-state index contributed by atoms with van der Waals surface area (Å²) in [5.74, 6) is -1.76. The molecule has 1 rings (SSSR count). The molecule has 0 aromatic heterocycles. The number of ether oxygens (including phenoxy) is 3. The molecule has 0 radical (unpaired) electrons. The highest BCUT2D eigenvalue weighted by Gasteiger charge is 2.23. The van der Waals surface area contributed by atoms with Crippen LogP contribution in [0.5, 0.6) is 17.2 Å². The summed E-state index contributed by atoms with van der Waals surface area (Å²) in [7, 11) is 4.32. The highest BCUT2D eigenvalue weighted by molar-refractivity contribution is 5.73. The number of methoxy groups -OCH3 is 3. The van der Waals surface area contributed by atoms with Crippen LogP contribution in [0.15, 0.2) is 12.1 Å². The standard InChI is InChI=1S/C14H18O7/c1-19-10-4-8(5-11(20-2)14(10)21-3)9(6-12(15)16)7-13(17)18/h4-5,9H,6-7H2,1-3H3,(H,15,16)(H,17,18). The van der Waals surface area contributed by atoms with Crippen molar-refractivity contribution in [2.75, 3.05) is 21.3 Å². The Morgan fingerprint density at radius 3 is 1.67 bits per heavy atom. The van der Waals surface area contributed by atoms with Gasteiger partial charge in [0.2, 0.25) is 5.75 Å². The van der Waals surface area contributed by atoms with Crippen LogP contribution in [-0.4, -0.2) is 43.5 Å². The Labute approximate surface area is 122 Å². The van der Waals surface area contributed by atoms with Gasteiger partial charge in [-0.2, -0.15) is 0 Å². The van der Waals surface area contributed by atoms with Gasteiger partial charge in [0.25, 0.3) is 0 Å². The fourth-order valence-electron chi connectivity index (χ4n) is 2.07. The Bertz CT molecular complexity index is 483. The average molecular weight is 298 g/mol. The maximum Gasteiger partial charge on any atom is 0.303 e. The Morgan fingerprint density at radius 2 is 1.38 bits per heavy atom. The molecule has 0 aliphatic carbocycles. The maximum absolute atomic E-state index is 10.9. The number of hydrogen-bond acceptors (Lipinski definition) is 5. The average Bonchev–Trinajstić information content (AvgIpc) is 2.43. The summed E-state index contributed by atoms with van der Waals surface area (Å²) in [6.07, 6.45) is -0.601. The zero-order valence-electron chi connectivity index (χ0n) is 12.1. The number of hydrogen-bond donors (Lipinski definition) is 2. The van der Waals surface area contributed by atoms with Crippen LogP contribution >= 0.6 is 0 Å². The van der Waals surface area contributed by atoms with Crippen LogP contribution < -0.4 is 14.2 Å². The molecular weight excluding hydrogens is 280 g/mol. The third kappa shape index (κ3) is 4.27. The molecule has 0 heterocycles. The Hall–Kier alpha value is -2.44. The van der Waals surface area contributed by atoms with Gasteiger partial charge >= 0.3 is 11.9 Å². The first-order valence-electron chi connectivity index (χ1n) is 6.16. The van der Waals surface area contributed by atoms with Crippen LogP contribution in [0.3, 0.4) is 0 Å². The molecular formula is C14H18O7. The lowest BCUT2D eigenvalue weighted by atomic mass is 9.92. The summed E-state index contributed by atoms with van der Waals surface area (Å²) in [6, 6.07) is 3.13. The van der Waals surface area contributed by atoms with Gasteiger partial charge in [0.15, 0.2) is 11.5 Å². The highest BCUT2D eigenvalue weighted by atomic mass is 16.5. The smallest absolute Gasteiger partial charge is 0.303 e. The number of carboxylic acid groups (broad SMARTS) is 2. The quantitative estimate of drug-likeness (QED) is 0.753. The normalized spacial score (nSPS) is 10.3. The van der Waals surface area contributed by atoms with E-state index in [2.05, 4.69) is 0 Å². The lowest BCUT2D eigenvalue weighted by Crippen LogP contribution is -2.12. The highest BCUT2D eigenvalue weighted by Crippen LogP contribution is 2.41. The first-order valence-corrected chi connectivity index (χ1v) is 6.16. The van der Waals surface area contributed by atoms with Crippen LogP contribution in [0.1, 0.15) is 24.3 Å². The van der Waals surface area contributed by atoms with E-state index in [-0.39, 0.29) is 12.8 Å². The van der Waals surface area contributed by atoms with Crippen molar-refractivity contribution in [1.29, 1.82) is 0 Å². The molecule has 0 spiro atoms. The van der Waals surface area contributed by atoms with E-state index >= 15 is 0 Å². The lowest BCUT2D eigenvalue weighted by Gasteiger charge is -2.18. The molecule has 0 aliphatic heterocycles. The fourth-order valence-corrected chi connectivity index (χ4v) is 2.07. The predicted molar refractivity (Wildman–Crippen MR) is 73.3 cm³/mol. The van der Waals surface area contributed by atoms with Gasteiger partial charge in [-0.15, -0.1) is 0 Å². The van der Waals surface area contributed by atoms with E-state index in [0.29, 0.717) is 22.8 Å². The van der Waals surface area contributed by atoms with Gasteiger partial charge < -0.3 is 24.4 Å². The molecule has 0 fully saturated rings. The topological polar surface area (TPSA) is 102 Å². The lowest BCUT2D eigenvalue weighted by molar-refractivity contribution is -0.139. The number of rotatable bonds is 8. The molecule has 0 bridgehead atoms. The van der Waals surface area contributed by atoms with Crippen LogP contribution in [0.25, 0.3) is 0 Å². The van der Waals surface area contributed by atoms with E-state index in [0.717, 1.165) is 0 Å². The van der Waals surface area contributed by atoms with Gasteiger partial charge in [-0.25, -0.2) is 0 Å². The van der Waals surface area contributed by atoms with Crippen molar-refractivity contribution in [3.8, 4) is 17.2 Å². The molecule has 0 saturated heterocycles. The monoisotopic (exact) mass is 298 g/mol. The first-order chi connectivity index (χ1) is 9.92. The SMILES string of the molecule is COc1cc(C(CC(=O)O)CC(=O)O)cc(OC)c1OC. The summed E-state index contributed by atoms with van der Waals surface area (Å²) in [4.78, 5) is 21.8. The third-order valence-corrected chi connectivity index (χ3v) is 3.00. The maximum atomic E-state index is 10.9. The van der Waals surface area contributed by atoms with E-state index in [9.17, 15) is 9.59 Å². The van der Waals surface area contributed by atoms with Gasteiger partial charge in [-0.1, -0.05) is 0 Å². The van der Waals surface area contributed by atoms with E-state index in [1.807, 2.05) is 0 Å². The number of aliphatic carboxylic acids is 2. The molecule has 21 heavy (non-hydrogen) atoms. The minimum Gasteiger partial charge on any atom is -0.493 e. The van der Waals surface area contributed by atoms with Crippen molar-refractivity contribution in [1.82, 2.24) is 0 Å². The van der Waals surface area contributed by atoms with Crippen molar-refractivity contribution >= 4 is 11.9 Å². The zero-order chi connectivity index (χ0) is 16.0. The Morgan fingerprint density at radius 1 is 0.952 bits per heavy atom. The first kappa shape index (κ1) is 16.6. The second-order valence-corrected chi connectivity index (χ2v) is 4.35. The van der Waals surface area contributed by atoms with Crippen molar-refractivity contribution in [3.63, 3.8) is 0 Å². The van der Waals surface area contributed by atoms with Crippen molar-refractivity contribution < 1.29 is 34.0 Å². The molecule has 1 aromatic carbocycles. The summed E-state index contributed by atoms with van der Waals surface area (Å²) in [6.45, 7) is 0. The minimum absolute atomic E-state index is 0.301. The van der Waals surface area contributed by atoms with Gasteiger partial charge in [0, 0.05) is 5.92 Å². The largest absolute Gasteiger partial charge is 0.493 e. The van der Waals surface area contributed by atoms with E-state index in [1.165, 1.54) is 21.3 Å². The zero-order valence-corrected chi connectivity index (χ0v) is 12.1. The summed E-state index contributed by atoms with van der Waals surface area (Å²) in [5.41, 5.74) is 0.509. The summed E-state index contributed by atoms with van der Waals surface area (Å²) in [5, 5.41) is 17.9. The molecule has 2 N–H and O–H groups in total. The molecule has 116 valence electrons. The van der Waals surface area contributed by atoms with Gasteiger partial charge in [-0.3, -0.25) is 9.59 Å². The van der Waals surface area contributed by atoms with E-state index in [4.69, 9.17) is 24.4 Å². The molecule has 0 atom stereocenters. The van der Waals surface area contributed by atoms with Crippen molar-refractivity contribution in [2.45, 2.75) is 18.8 Å². The van der Waals surface area contributed by atoms with Crippen LogP contribution in [0.4, 0.5) is 0 Å². The number of carboxylic acids is 2. The molecule has 0 unspecified atom stereocenters. The molecule has 7 nitrogen and oxygen atoms in total. The molecule has 0 aliphatic rings. The van der Waals surface area contributed by atoms with E-state index < -0.39 is 17.9 Å². The van der Waals surface area contributed by atoms with Crippen LogP contribution in [0, 0.1) is 0 Å². The van der Waals surface area contributed by atoms with Gasteiger partial charge in [-0.05, 0) is 17.7 Å². The van der Waals surface area contributed by atoms with Crippen LogP contribution in [0.2, 0.25) is 0 Å². The minimum atomic E-state index is -1.07. The van der Waals surface area contributed by atoms with E-state index in [1.54, 1.807) is 12.1 Å². The molecule has 0 saturated carbocycles. The molecule has 7 heteroatoms. The second kappa shape index (κ2) is 7.37. The predicted octanol–water partition coefficient (Wildman–Crippen LogP) is 1.75. The summed E-state index contributed by atoms with van der Waals surface area (Å²) < 4.78 is 15.5. The Balaban J connectivity index is 3.29. The van der Waals surface area contributed by atoms with Crippen molar-refractivity contribution in [2.24, 2.45) is 0 Å². The Kier molecular flexibility index (Phi) is 5.83. The third-order valence-electron chi connectivity index (χ3n) is 3.00. The van der Waals surface area contributed by atoms with Crippen LogP contribution in [-0.2, 0) is 9.59 Å². The fraction of sp³-hybridized carbons (Fsp3) is 0.429. The summed E-state index contributed by atoms with van der Waals surface area (Å²) >= 11 is 0. The van der Waals surface area contributed by atoms with Gasteiger partial charge in [0.05, 0.1) is 34.2 Å². The van der Waals surface area contributed by atoms with Crippen molar-refractivity contribution in [3.05, 3.63) is 17.7 Å². The molecule has 0 amide bonds. The van der Waals surface area contributed by atoms with Gasteiger partial charge in [0.1, 0.15) is 0 Å². The molecule has 1 aromatic rings. The number of carbonyl (C=O) groups is 2. The second-order valence-electron chi connectivity index (χ2n) is 4.35. The number of benzene rings is 1.